The fraction of sp³-hybridized carbons (Fsp3) is 0.269. The van der Waals surface area contributed by atoms with Gasteiger partial charge in [-0.3, -0.25) is 4.79 Å². The molecule has 0 aromatic heterocycles. The van der Waals surface area contributed by atoms with Crippen LogP contribution in [0.25, 0.3) is 0 Å². The lowest BCUT2D eigenvalue weighted by molar-refractivity contribution is -0.123. The number of benzene rings is 3. The number of aliphatic hydroxyl groups is 1. The number of rotatable bonds is 12. The van der Waals surface area contributed by atoms with Crippen molar-refractivity contribution in [3.05, 3.63) is 98.1 Å². The average molecular weight is 615 g/mol. The lowest BCUT2D eigenvalue weighted by Crippen LogP contribution is -2.49. The van der Waals surface area contributed by atoms with Gasteiger partial charge in [0.1, 0.15) is 17.4 Å². The SMILES string of the molecule is O=C(CCOc1ccccc1Cl)N[C@@H](Cc1cc(F)cc(F)c1)[C@@H](O)CNCc1cccc(I)c1. The first-order chi connectivity index (χ1) is 16.8. The van der Waals surface area contributed by atoms with Crippen molar-refractivity contribution in [2.45, 2.75) is 31.5 Å². The number of carbonyl (C=O) groups is 1. The molecule has 0 heterocycles. The molecule has 0 aliphatic heterocycles. The van der Waals surface area contributed by atoms with Gasteiger partial charge in [0, 0.05) is 22.7 Å². The van der Waals surface area contributed by atoms with Gasteiger partial charge in [-0.15, -0.1) is 0 Å². The molecule has 0 unspecified atom stereocenters. The van der Waals surface area contributed by atoms with Crippen LogP contribution in [0.4, 0.5) is 8.78 Å². The van der Waals surface area contributed by atoms with Crippen LogP contribution in [0.5, 0.6) is 5.75 Å². The van der Waals surface area contributed by atoms with E-state index >= 15 is 0 Å². The van der Waals surface area contributed by atoms with Crippen LogP contribution in [-0.4, -0.2) is 36.3 Å². The molecule has 3 aromatic rings. The van der Waals surface area contributed by atoms with Crippen LogP contribution in [-0.2, 0) is 17.8 Å². The summed E-state index contributed by atoms with van der Waals surface area (Å²) in [5, 5.41) is 17.2. The molecule has 9 heteroatoms. The second kappa shape index (κ2) is 13.7. The summed E-state index contributed by atoms with van der Waals surface area (Å²) in [5.74, 6) is -1.34. The van der Waals surface area contributed by atoms with Gasteiger partial charge in [-0.25, -0.2) is 8.78 Å². The van der Waals surface area contributed by atoms with Crippen LogP contribution in [0.1, 0.15) is 17.5 Å². The predicted molar refractivity (Wildman–Crippen MR) is 140 cm³/mol. The molecule has 1 amide bonds. The van der Waals surface area contributed by atoms with Gasteiger partial charge in [0.25, 0.3) is 0 Å². The highest BCUT2D eigenvalue weighted by atomic mass is 127. The Morgan fingerprint density at radius 2 is 1.77 bits per heavy atom. The van der Waals surface area contributed by atoms with Crippen LogP contribution >= 0.6 is 34.2 Å². The molecule has 0 aliphatic carbocycles. The largest absolute Gasteiger partial charge is 0.491 e. The van der Waals surface area contributed by atoms with Crippen LogP contribution in [0.2, 0.25) is 5.02 Å². The van der Waals surface area contributed by atoms with Crippen molar-refractivity contribution in [3.8, 4) is 5.75 Å². The fourth-order valence-electron chi connectivity index (χ4n) is 3.51. The van der Waals surface area contributed by atoms with Crippen LogP contribution < -0.4 is 15.4 Å². The summed E-state index contributed by atoms with van der Waals surface area (Å²) in [6.45, 7) is 0.775. The van der Waals surface area contributed by atoms with Crippen molar-refractivity contribution >= 4 is 40.1 Å². The number of halogens is 4. The van der Waals surface area contributed by atoms with Crippen molar-refractivity contribution in [2.75, 3.05) is 13.2 Å². The Hall–Kier alpha value is -2.27. The van der Waals surface area contributed by atoms with E-state index in [1.165, 1.54) is 12.1 Å². The summed E-state index contributed by atoms with van der Waals surface area (Å²) in [6, 6.07) is 17.2. The summed E-state index contributed by atoms with van der Waals surface area (Å²) in [4.78, 5) is 12.6. The molecule has 3 aromatic carbocycles. The number of carbonyl (C=O) groups excluding carboxylic acids is 1. The molecular formula is C26H26ClF2IN2O3. The number of para-hydroxylation sites is 1. The van der Waals surface area contributed by atoms with Gasteiger partial charge in [0.05, 0.1) is 30.2 Å². The number of amides is 1. The van der Waals surface area contributed by atoms with Gasteiger partial charge in [-0.2, -0.15) is 0 Å². The zero-order chi connectivity index (χ0) is 25.2. The quantitative estimate of drug-likeness (QED) is 0.255. The highest BCUT2D eigenvalue weighted by Gasteiger charge is 2.22. The van der Waals surface area contributed by atoms with Gasteiger partial charge in [-0.05, 0) is 76.5 Å². The van der Waals surface area contributed by atoms with E-state index in [0.717, 1.165) is 15.2 Å². The predicted octanol–water partition coefficient (Wildman–Crippen LogP) is 4.87. The van der Waals surface area contributed by atoms with E-state index in [2.05, 4.69) is 33.2 Å². The Morgan fingerprint density at radius 3 is 2.49 bits per heavy atom. The average Bonchev–Trinajstić information content (AvgIpc) is 2.79. The van der Waals surface area contributed by atoms with Crippen LogP contribution in [0.3, 0.4) is 0 Å². The minimum atomic E-state index is -1.00. The topological polar surface area (TPSA) is 70.6 Å². The van der Waals surface area contributed by atoms with E-state index in [1.807, 2.05) is 24.3 Å². The Bertz CT molecular complexity index is 1120. The lowest BCUT2D eigenvalue weighted by Gasteiger charge is -2.25. The minimum Gasteiger partial charge on any atom is -0.491 e. The molecule has 186 valence electrons. The number of ether oxygens (including phenoxy) is 1. The van der Waals surface area contributed by atoms with Crippen molar-refractivity contribution in [1.29, 1.82) is 0 Å². The maximum Gasteiger partial charge on any atom is 0.223 e. The van der Waals surface area contributed by atoms with Gasteiger partial charge in [0.2, 0.25) is 5.91 Å². The Labute approximate surface area is 222 Å². The zero-order valence-corrected chi connectivity index (χ0v) is 21.7. The highest BCUT2D eigenvalue weighted by molar-refractivity contribution is 14.1. The van der Waals surface area contributed by atoms with Crippen molar-refractivity contribution in [1.82, 2.24) is 10.6 Å². The Kier molecular flexibility index (Phi) is 10.7. The summed E-state index contributed by atoms with van der Waals surface area (Å²) >= 11 is 8.28. The summed E-state index contributed by atoms with van der Waals surface area (Å²) in [7, 11) is 0. The summed E-state index contributed by atoms with van der Waals surface area (Å²) in [5.41, 5.74) is 1.38. The second-order valence-corrected chi connectivity index (χ2v) is 9.67. The molecule has 2 atom stereocenters. The molecule has 0 spiro atoms. The summed E-state index contributed by atoms with van der Waals surface area (Å²) in [6.07, 6.45) is -0.933. The molecule has 3 rings (SSSR count). The molecule has 0 fully saturated rings. The number of nitrogens with one attached hydrogen (secondary N) is 2. The standard InChI is InChI=1S/C26H26ClF2IN2O3/c27-22-6-1-2-7-25(22)35-9-8-26(34)32-23(13-18-10-19(28)14-20(29)11-18)24(33)16-31-15-17-4-3-5-21(30)12-17/h1-7,10-12,14,23-24,31,33H,8-9,13,15-16H2,(H,32,34)/t23-,24-/m0/s1. The van der Waals surface area contributed by atoms with Crippen molar-refractivity contribution < 1.29 is 23.4 Å². The van der Waals surface area contributed by atoms with Gasteiger partial charge < -0.3 is 20.5 Å². The molecule has 0 bridgehead atoms. The molecule has 0 radical (unpaired) electrons. The monoisotopic (exact) mass is 614 g/mol. The van der Waals surface area contributed by atoms with E-state index in [9.17, 15) is 18.7 Å². The zero-order valence-electron chi connectivity index (χ0n) is 18.8. The molecule has 0 aliphatic rings. The van der Waals surface area contributed by atoms with E-state index in [1.54, 1.807) is 24.3 Å². The minimum absolute atomic E-state index is 0.0157. The highest BCUT2D eigenvalue weighted by Crippen LogP contribution is 2.23. The molecule has 5 nitrogen and oxygen atoms in total. The third-order valence-corrected chi connectivity index (χ3v) is 6.17. The number of aliphatic hydroxyl groups excluding tert-OH is 1. The first kappa shape index (κ1) is 27.3. The Morgan fingerprint density at radius 1 is 1.03 bits per heavy atom. The van der Waals surface area contributed by atoms with E-state index in [-0.39, 0.29) is 31.9 Å². The van der Waals surface area contributed by atoms with Gasteiger partial charge >= 0.3 is 0 Å². The second-order valence-electron chi connectivity index (χ2n) is 8.01. The first-order valence-corrected chi connectivity index (χ1v) is 12.5. The van der Waals surface area contributed by atoms with Crippen LogP contribution in [0.15, 0.2) is 66.7 Å². The lowest BCUT2D eigenvalue weighted by atomic mass is 10.0. The van der Waals surface area contributed by atoms with E-state index in [0.29, 0.717) is 22.9 Å². The first-order valence-electron chi connectivity index (χ1n) is 11.0. The molecule has 0 saturated carbocycles. The smallest absolute Gasteiger partial charge is 0.223 e. The fourth-order valence-corrected chi connectivity index (χ4v) is 4.31. The van der Waals surface area contributed by atoms with Crippen molar-refractivity contribution in [3.63, 3.8) is 0 Å². The third-order valence-electron chi connectivity index (χ3n) is 5.18. The van der Waals surface area contributed by atoms with Gasteiger partial charge in [-0.1, -0.05) is 35.9 Å². The van der Waals surface area contributed by atoms with E-state index in [4.69, 9.17) is 16.3 Å². The molecule has 0 saturated heterocycles. The van der Waals surface area contributed by atoms with E-state index < -0.39 is 23.8 Å². The number of hydrogen-bond donors (Lipinski definition) is 3. The maximum absolute atomic E-state index is 13.7. The maximum atomic E-state index is 13.7. The molecular weight excluding hydrogens is 589 g/mol. The van der Waals surface area contributed by atoms with Crippen LogP contribution in [0, 0.1) is 15.2 Å². The van der Waals surface area contributed by atoms with Crippen molar-refractivity contribution in [2.24, 2.45) is 0 Å². The Balaban J connectivity index is 1.59. The van der Waals surface area contributed by atoms with Gasteiger partial charge in [0.15, 0.2) is 0 Å². The molecule has 3 N–H and O–H groups in total. The molecule has 35 heavy (non-hydrogen) atoms. The third kappa shape index (κ3) is 9.36. The number of hydrogen-bond acceptors (Lipinski definition) is 4. The summed E-state index contributed by atoms with van der Waals surface area (Å²) < 4.78 is 34.0. The normalized spacial score (nSPS) is 12.7.